The van der Waals surface area contributed by atoms with Gasteiger partial charge in [-0.2, -0.15) is 17.5 Å². The molecule has 1 aliphatic rings. The average Bonchev–Trinajstić information content (AvgIpc) is 2.83. The number of halogens is 3. The zero-order chi connectivity index (χ0) is 15.8. The molecule has 0 bridgehead atoms. The highest BCUT2D eigenvalue weighted by molar-refractivity contribution is 7.89. The van der Waals surface area contributed by atoms with Crippen LogP contribution in [-0.4, -0.2) is 50.1 Å². The number of nitrogens with zero attached hydrogens (tertiary/aromatic N) is 1. The lowest BCUT2D eigenvalue weighted by Gasteiger charge is -2.25. The molecule has 5 nitrogen and oxygen atoms in total. The first-order valence-electron chi connectivity index (χ1n) is 6.18. The van der Waals surface area contributed by atoms with E-state index in [0.29, 0.717) is 6.07 Å². The van der Waals surface area contributed by atoms with Crippen LogP contribution in [0.2, 0.25) is 0 Å². The van der Waals surface area contributed by atoms with Crippen molar-refractivity contribution >= 4 is 10.0 Å². The van der Waals surface area contributed by atoms with Crippen LogP contribution in [0.5, 0.6) is 0 Å². The fraction of sp³-hybridized carbons (Fsp3) is 0.500. The highest BCUT2D eigenvalue weighted by Crippen LogP contribution is 2.31. The molecule has 1 aromatic rings. The Morgan fingerprint density at radius 1 is 1.33 bits per heavy atom. The summed E-state index contributed by atoms with van der Waals surface area (Å²) in [7, 11) is -2.86. The molecule has 0 aromatic heterocycles. The molecule has 9 heteroatoms. The Labute approximate surface area is 120 Å². The Hall–Kier alpha value is -1.16. The molecule has 0 spiro atoms. The van der Waals surface area contributed by atoms with Gasteiger partial charge in [0.25, 0.3) is 0 Å². The van der Waals surface area contributed by atoms with Crippen molar-refractivity contribution in [2.45, 2.75) is 23.2 Å². The number of β-amino-alcohol motifs (C(OH)–C–C–N with tert-alkyl or cyclic N) is 1. The maximum atomic E-state index is 12.7. The second-order valence-corrected chi connectivity index (χ2v) is 6.84. The van der Waals surface area contributed by atoms with Gasteiger partial charge in [0.1, 0.15) is 0 Å². The number of rotatable bonds is 3. The van der Waals surface area contributed by atoms with Crippen LogP contribution in [0.3, 0.4) is 0 Å². The zero-order valence-corrected chi connectivity index (χ0v) is 11.9. The number of alkyl halides is 3. The first kappa shape index (κ1) is 16.2. The first-order chi connectivity index (χ1) is 9.64. The Kier molecular flexibility index (Phi) is 4.29. The number of benzene rings is 1. The number of hydrogen-bond acceptors (Lipinski definition) is 4. The van der Waals surface area contributed by atoms with Crippen molar-refractivity contribution in [2.24, 2.45) is 0 Å². The van der Waals surface area contributed by atoms with Gasteiger partial charge in [-0.15, -0.1) is 0 Å². The quantitative estimate of drug-likeness (QED) is 0.857. The maximum absolute atomic E-state index is 12.7. The zero-order valence-electron chi connectivity index (χ0n) is 11.1. The summed E-state index contributed by atoms with van der Waals surface area (Å²) in [6.07, 6.45) is -5.51. The number of hydrogen-bond donors (Lipinski definition) is 2. The normalized spacial score (nSPS) is 23.7. The summed E-state index contributed by atoms with van der Waals surface area (Å²) in [5.74, 6) is 0. The van der Waals surface area contributed by atoms with Crippen LogP contribution in [0, 0.1) is 0 Å². The lowest BCUT2D eigenvalue weighted by atomic mass is 10.2. The molecule has 1 fully saturated rings. The molecule has 118 valence electrons. The number of likely N-dealkylation sites (N-methyl/N-ethyl adjacent to an activating group) is 1. The molecule has 2 atom stereocenters. The van der Waals surface area contributed by atoms with Crippen molar-refractivity contribution in [2.75, 3.05) is 20.1 Å². The molecule has 2 rings (SSSR count). The van der Waals surface area contributed by atoms with Crippen molar-refractivity contribution in [3.05, 3.63) is 29.8 Å². The van der Waals surface area contributed by atoms with E-state index in [1.54, 1.807) is 0 Å². The summed E-state index contributed by atoms with van der Waals surface area (Å²) in [6, 6.07) is 2.86. The fourth-order valence-corrected chi connectivity index (χ4v) is 3.63. The minimum absolute atomic E-state index is 0.243. The lowest BCUT2D eigenvalue weighted by Crippen LogP contribution is -2.44. The molecule has 1 aliphatic heterocycles. The van der Waals surface area contributed by atoms with Crippen LogP contribution >= 0.6 is 0 Å². The third kappa shape index (κ3) is 3.20. The van der Waals surface area contributed by atoms with Gasteiger partial charge < -0.3 is 10.4 Å². The second-order valence-electron chi connectivity index (χ2n) is 4.84. The molecule has 1 aromatic carbocycles. The van der Waals surface area contributed by atoms with Gasteiger partial charge in [-0.3, -0.25) is 0 Å². The second kappa shape index (κ2) is 5.56. The standard InChI is InChI=1S/C12H15F3N2O3S/c1-17(10-6-16-7-11(10)18)21(19,20)9-4-2-3-8(5-9)12(13,14)15/h2-5,10-11,16,18H,6-7H2,1H3/t10-,11-/m1/s1. The summed E-state index contributed by atoms with van der Waals surface area (Å²) in [5, 5.41) is 12.5. The smallest absolute Gasteiger partial charge is 0.390 e. The summed E-state index contributed by atoms with van der Waals surface area (Å²) >= 11 is 0. The topological polar surface area (TPSA) is 69.6 Å². The van der Waals surface area contributed by atoms with Crippen molar-refractivity contribution < 1.29 is 26.7 Å². The highest BCUT2D eigenvalue weighted by atomic mass is 32.2. The van der Waals surface area contributed by atoms with Crippen molar-refractivity contribution in [3.63, 3.8) is 0 Å². The molecule has 0 radical (unpaired) electrons. The van der Waals surface area contributed by atoms with Crippen molar-refractivity contribution in [1.29, 1.82) is 0 Å². The molecule has 1 heterocycles. The monoisotopic (exact) mass is 324 g/mol. The Bertz CT molecular complexity index is 618. The van der Waals surface area contributed by atoms with Crippen LogP contribution < -0.4 is 5.32 Å². The van der Waals surface area contributed by atoms with Crippen LogP contribution in [0.4, 0.5) is 13.2 Å². The van der Waals surface area contributed by atoms with E-state index in [-0.39, 0.29) is 13.1 Å². The molecular weight excluding hydrogens is 309 g/mol. The molecule has 21 heavy (non-hydrogen) atoms. The summed E-state index contributed by atoms with van der Waals surface area (Å²) in [5.41, 5.74) is -1.03. The third-order valence-electron chi connectivity index (χ3n) is 3.46. The molecule has 0 aliphatic carbocycles. The Balaban J connectivity index is 2.35. The molecule has 2 N–H and O–H groups in total. The summed E-state index contributed by atoms with van der Waals surface area (Å²) in [6.45, 7) is 0.489. The van der Waals surface area contributed by atoms with Gasteiger partial charge in [0.2, 0.25) is 10.0 Å². The van der Waals surface area contributed by atoms with E-state index in [9.17, 15) is 26.7 Å². The van der Waals surface area contributed by atoms with Gasteiger partial charge in [-0.25, -0.2) is 8.42 Å². The number of nitrogens with one attached hydrogen (secondary N) is 1. The predicted molar refractivity (Wildman–Crippen MR) is 69.1 cm³/mol. The Morgan fingerprint density at radius 3 is 2.52 bits per heavy atom. The highest BCUT2D eigenvalue weighted by Gasteiger charge is 2.37. The molecule has 0 saturated carbocycles. The number of aliphatic hydroxyl groups is 1. The summed E-state index contributed by atoms with van der Waals surface area (Å²) in [4.78, 5) is -0.445. The van der Waals surface area contributed by atoms with Gasteiger partial charge in [0.15, 0.2) is 0 Å². The van der Waals surface area contributed by atoms with E-state index in [1.807, 2.05) is 0 Å². The fourth-order valence-electron chi connectivity index (χ4n) is 2.20. The number of sulfonamides is 1. The van der Waals surface area contributed by atoms with Crippen LogP contribution in [0.1, 0.15) is 5.56 Å². The van der Waals surface area contributed by atoms with Crippen molar-refractivity contribution in [1.82, 2.24) is 9.62 Å². The first-order valence-corrected chi connectivity index (χ1v) is 7.62. The largest absolute Gasteiger partial charge is 0.416 e. The maximum Gasteiger partial charge on any atom is 0.416 e. The average molecular weight is 324 g/mol. The Morgan fingerprint density at radius 2 is 2.00 bits per heavy atom. The van der Waals surface area contributed by atoms with Crippen LogP contribution in [0.15, 0.2) is 29.2 Å². The van der Waals surface area contributed by atoms with Crippen LogP contribution in [-0.2, 0) is 16.2 Å². The van der Waals surface area contributed by atoms with Crippen molar-refractivity contribution in [3.8, 4) is 0 Å². The number of aliphatic hydroxyl groups excluding tert-OH is 1. The summed E-state index contributed by atoms with van der Waals surface area (Å²) < 4.78 is 63.6. The lowest BCUT2D eigenvalue weighted by molar-refractivity contribution is -0.137. The van der Waals surface area contributed by atoms with E-state index in [0.717, 1.165) is 22.5 Å². The van der Waals surface area contributed by atoms with Gasteiger partial charge in [0.05, 0.1) is 22.6 Å². The third-order valence-corrected chi connectivity index (χ3v) is 5.34. The predicted octanol–water partition coefficient (Wildman–Crippen LogP) is 0.659. The van der Waals surface area contributed by atoms with Gasteiger partial charge in [-0.05, 0) is 18.2 Å². The minimum Gasteiger partial charge on any atom is -0.390 e. The van der Waals surface area contributed by atoms with E-state index >= 15 is 0 Å². The van der Waals surface area contributed by atoms with E-state index in [4.69, 9.17) is 0 Å². The van der Waals surface area contributed by atoms with E-state index in [2.05, 4.69) is 5.32 Å². The van der Waals surface area contributed by atoms with Gasteiger partial charge in [-0.1, -0.05) is 6.07 Å². The van der Waals surface area contributed by atoms with Gasteiger partial charge >= 0.3 is 6.18 Å². The molecule has 0 amide bonds. The molecule has 0 unspecified atom stereocenters. The molecule has 1 saturated heterocycles. The minimum atomic E-state index is -4.61. The SMILES string of the molecule is CN([C@@H]1CNC[C@H]1O)S(=O)(=O)c1cccc(C(F)(F)F)c1. The molecular formula is C12H15F3N2O3S. The van der Waals surface area contributed by atoms with E-state index < -0.39 is 38.8 Å². The van der Waals surface area contributed by atoms with Crippen LogP contribution in [0.25, 0.3) is 0 Å². The van der Waals surface area contributed by atoms with Gasteiger partial charge in [0, 0.05) is 20.1 Å². The van der Waals surface area contributed by atoms with E-state index in [1.165, 1.54) is 7.05 Å².